The van der Waals surface area contributed by atoms with Crippen LogP contribution in [0.5, 0.6) is 0 Å². The molecule has 1 heterocycles. The van der Waals surface area contributed by atoms with Gasteiger partial charge in [0, 0.05) is 19.5 Å². The zero-order chi connectivity index (χ0) is 16.2. The molecule has 2 aromatic carbocycles. The molecule has 0 aliphatic carbocycles. The summed E-state index contributed by atoms with van der Waals surface area (Å²) in [6, 6.07) is 15.1. The molecule has 4 nitrogen and oxygen atoms in total. The second-order valence-corrected chi connectivity index (χ2v) is 5.80. The maximum Gasteiger partial charge on any atom is 0.335 e. The molecule has 1 aliphatic heterocycles. The van der Waals surface area contributed by atoms with Crippen molar-refractivity contribution >= 4 is 11.9 Å². The number of carbonyl (C=O) groups is 2. The Morgan fingerprint density at radius 1 is 1.00 bits per heavy atom. The van der Waals surface area contributed by atoms with Crippen molar-refractivity contribution in [2.45, 2.75) is 25.8 Å². The van der Waals surface area contributed by atoms with E-state index in [1.807, 2.05) is 23.1 Å². The van der Waals surface area contributed by atoms with Crippen molar-refractivity contribution in [3.8, 4) is 0 Å². The van der Waals surface area contributed by atoms with E-state index in [9.17, 15) is 14.7 Å². The molecule has 0 saturated heterocycles. The van der Waals surface area contributed by atoms with Crippen molar-refractivity contribution in [3.05, 3.63) is 70.8 Å². The first-order chi connectivity index (χ1) is 11.1. The first-order valence-corrected chi connectivity index (χ1v) is 7.81. The lowest BCUT2D eigenvalue weighted by Gasteiger charge is -2.29. The van der Waals surface area contributed by atoms with Gasteiger partial charge in [0.05, 0.1) is 5.56 Å². The standard InChI is InChI=1S/C19H19NO3/c21-18(10-9-15-6-3-4-8-17(15)19(22)23)20-12-11-14-5-1-2-7-16(14)13-20/h1-8H,9-13H2,(H,22,23). The molecule has 2 aromatic rings. The van der Waals surface area contributed by atoms with E-state index in [0.717, 1.165) is 13.0 Å². The average molecular weight is 309 g/mol. The van der Waals surface area contributed by atoms with Gasteiger partial charge in [-0.05, 0) is 35.6 Å². The van der Waals surface area contributed by atoms with Crippen LogP contribution < -0.4 is 0 Å². The van der Waals surface area contributed by atoms with Gasteiger partial charge in [-0.3, -0.25) is 4.79 Å². The van der Waals surface area contributed by atoms with Crippen molar-refractivity contribution < 1.29 is 14.7 Å². The van der Waals surface area contributed by atoms with Gasteiger partial charge in [-0.25, -0.2) is 4.79 Å². The molecule has 0 aromatic heterocycles. The predicted octanol–water partition coefficient (Wildman–Crippen LogP) is 2.90. The molecular weight excluding hydrogens is 290 g/mol. The maximum absolute atomic E-state index is 12.4. The average Bonchev–Trinajstić information content (AvgIpc) is 2.59. The summed E-state index contributed by atoms with van der Waals surface area (Å²) in [7, 11) is 0. The third-order valence-corrected chi connectivity index (χ3v) is 4.34. The van der Waals surface area contributed by atoms with Crippen LogP contribution in [-0.2, 0) is 24.2 Å². The molecule has 118 valence electrons. The van der Waals surface area contributed by atoms with Crippen molar-refractivity contribution in [3.63, 3.8) is 0 Å². The molecule has 3 rings (SSSR count). The smallest absolute Gasteiger partial charge is 0.335 e. The fraction of sp³-hybridized carbons (Fsp3) is 0.263. The number of fused-ring (bicyclic) bond motifs is 1. The van der Waals surface area contributed by atoms with E-state index in [0.29, 0.717) is 24.9 Å². The number of benzene rings is 2. The van der Waals surface area contributed by atoms with Gasteiger partial charge in [-0.15, -0.1) is 0 Å². The predicted molar refractivity (Wildman–Crippen MR) is 87.3 cm³/mol. The SMILES string of the molecule is O=C(O)c1ccccc1CCC(=O)N1CCc2ccccc2C1. The quantitative estimate of drug-likeness (QED) is 0.945. The number of carboxylic acids is 1. The van der Waals surface area contributed by atoms with Crippen LogP contribution in [0, 0.1) is 0 Å². The summed E-state index contributed by atoms with van der Waals surface area (Å²) in [4.78, 5) is 25.5. The number of amides is 1. The minimum Gasteiger partial charge on any atom is -0.478 e. The van der Waals surface area contributed by atoms with Crippen LogP contribution in [0.3, 0.4) is 0 Å². The van der Waals surface area contributed by atoms with Crippen LogP contribution in [0.4, 0.5) is 0 Å². The van der Waals surface area contributed by atoms with Crippen molar-refractivity contribution in [2.24, 2.45) is 0 Å². The summed E-state index contributed by atoms with van der Waals surface area (Å²) in [6.45, 7) is 1.38. The van der Waals surface area contributed by atoms with Crippen molar-refractivity contribution in [1.29, 1.82) is 0 Å². The molecule has 0 bridgehead atoms. The Labute approximate surface area is 135 Å². The number of hydrogen-bond acceptors (Lipinski definition) is 2. The highest BCUT2D eigenvalue weighted by molar-refractivity contribution is 5.89. The van der Waals surface area contributed by atoms with Crippen molar-refractivity contribution in [2.75, 3.05) is 6.54 Å². The van der Waals surface area contributed by atoms with E-state index in [1.165, 1.54) is 11.1 Å². The van der Waals surface area contributed by atoms with E-state index in [4.69, 9.17) is 0 Å². The first kappa shape index (κ1) is 15.3. The fourth-order valence-electron chi connectivity index (χ4n) is 3.06. The molecule has 0 unspecified atom stereocenters. The molecule has 4 heteroatoms. The Balaban J connectivity index is 1.64. The Bertz CT molecular complexity index is 739. The lowest BCUT2D eigenvalue weighted by Crippen LogP contribution is -2.36. The van der Waals surface area contributed by atoms with Crippen LogP contribution in [0.15, 0.2) is 48.5 Å². The van der Waals surface area contributed by atoms with Crippen molar-refractivity contribution in [1.82, 2.24) is 4.90 Å². The third-order valence-electron chi connectivity index (χ3n) is 4.34. The molecule has 23 heavy (non-hydrogen) atoms. The second kappa shape index (κ2) is 6.65. The minimum atomic E-state index is -0.944. The summed E-state index contributed by atoms with van der Waals surface area (Å²) in [5.41, 5.74) is 3.51. The lowest BCUT2D eigenvalue weighted by molar-refractivity contribution is -0.132. The van der Waals surface area contributed by atoms with E-state index in [-0.39, 0.29) is 11.5 Å². The van der Waals surface area contributed by atoms with E-state index in [2.05, 4.69) is 12.1 Å². The highest BCUT2D eigenvalue weighted by atomic mass is 16.4. The number of aryl methyl sites for hydroxylation is 1. The van der Waals surface area contributed by atoms with E-state index < -0.39 is 5.97 Å². The number of rotatable bonds is 4. The van der Waals surface area contributed by atoms with Gasteiger partial charge >= 0.3 is 5.97 Å². The molecule has 1 amide bonds. The molecule has 1 N–H and O–H groups in total. The Kier molecular flexibility index (Phi) is 4.42. The van der Waals surface area contributed by atoms with Crippen LogP contribution in [0.25, 0.3) is 0 Å². The number of carboxylic acid groups (broad SMARTS) is 1. The largest absolute Gasteiger partial charge is 0.478 e. The zero-order valence-electron chi connectivity index (χ0n) is 12.9. The summed E-state index contributed by atoms with van der Waals surface area (Å²) in [5.74, 6) is -0.861. The Morgan fingerprint density at radius 3 is 2.48 bits per heavy atom. The number of carbonyl (C=O) groups excluding carboxylic acids is 1. The third kappa shape index (κ3) is 3.42. The topological polar surface area (TPSA) is 57.6 Å². The van der Waals surface area contributed by atoms with Gasteiger partial charge in [-0.2, -0.15) is 0 Å². The molecule has 0 fully saturated rings. The Morgan fingerprint density at radius 2 is 1.70 bits per heavy atom. The van der Waals surface area contributed by atoms with E-state index >= 15 is 0 Å². The molecule has 0 spiro atoms. The zero-order valence-corrected chi connectivity index (χ0v) is 12.9. The first-order valence-electron chi connectivity index (χ1n) is 7.81. The minimum absolute atomic E-state index is 0.0831. The van der Waals surface area contributed by atoms with Crippen LogP contribution in [0.2, 0.25) is 0 Å². The normalized spacial score (nSPS) is 13.5. The molecule has 1 aliphatic rings. The number of nitrogens with zero attached hydrogens (tertiary/aromatic N) is 1. The number of aromatic carboxylic acids is 1. The Hall–Kier alpha value is -2.62. The van der Waals surface area contributed by atoms with Gasteiger partial charge in [-0.1, -0.05) is 42.5 Å². The summed E-state index contributed by atoms with van der Waals surface area (Å²) >= 11 is 0. The number of hydrogen-bond donors (Lipinski definition) is 1. The second-order valence-electron chi connectivity index (χ2n) is 5.80. The highest BCUT2D eigenvalue weighted by Gasteiger charge is 2.20. The summed E-state index contributed by atoms with van der Waals surface area (Å²) in [5, 5.41) is 9.19. The van der Waals surface area contributed by atoms with Crippen LogP contribution in [0.1, 0.15) is 33.5 Å². The maximum atomic E-state index is 12.4. The molecule has 0 radical (unpaired) electrons. The molecular formula is C19H19NO3. The monoisotopic (exact) mass is 309 g/mol. The fourth-order valence-corrected chi connectivity index (χ4v) is 3.06. The lowest BCUT2D eigenvalue weighted by atomic mass is 9.98. The van der Waals surface area contributed by atoms with Gasteiger partial charge in [0.1, 0.15) is 0 Å². The van der Waals surface area contributed by atoms with Crippen LogP contribution in [-0.4, -0.2) is 28.4 Å². The van der Waals surface area contributed by atoms with Gasteiger partial charge in [0.25, 0.3) is 0 Å². The summed E-state index contributed by atoms with van der Waals surface area (Å²) in [6.07, 6.45) is 1.68. The molecule has 0 atom stereocenters. The molecule has 0 saturated carbocycles. The van der Waals surface area contributed by atoms with E-state index in [1.54, 1.807) is 18.2 Å². The van der Waals surface area contributed by atoms with Gasteiger partial charge < -0.3 is 10.0 Å². The van der Waals surface area contributed by atoms with Crippen LogP contribution >= 0.6 is 0 Å². The van der Waals surface area contributed by atoms with Gasteiger partial charge in [0.15, 0.2) is 0 Å². The summed E-state index contributed by atoms with van der Waals surface area (Å²) < 4.78 is 0. The van der Waals surface area contributed by atoms with Gasteiger partial charge in [0.2, 0.25) is 5.91 Å². The highest BCUT2D eigenvalue weighted by Crippen LogP contribution is 2.20.